The summed E-state index contributed by atoms with van der Waals surface area (Å²) in [5.74, 6) is -0.547. The number of alkyl halides is 2. The molecule has 1 aromatic carbocycles. The van der Waals surface area contributed by atoms with E-state index in [4.69, 9.17) is 0 Å². The largest absolute Gasteiger partial charge is 0.393 e. The van der Waals surface area contributed by atoms with Crippen LogP contribution in [0.5, 0.6) is 0 Å². The summed E-state index contributed by atoms with van der Waals surface area (Å²) >= 11 is 0. The van der Waals surface area contributed by atoms with Crippen LogP contribution in [0.4, 0.5) is 14.5 Å². The van der Waals surface area contributed by atoms with E-state index in [0.29, 0.717) is 12.1 Å². The number of para-hydroxylation sites is 1. The van der Waals surface area contributed by atoms with Gasteiger partial charge < -0.3 is 10.6 Å². The standard InChI is InChI=1S/C20H28F2N2O/c1-6-7-10-14(18(21)22)15(13-23-5)19(25)24-17-12-9-8-11-16(17)20(2,3)4/h8-13,18,23H,6-7H2,1-5H3,(H,24,25)/b14-10+,15-13+. The Balaban J connectivity index is 3.21. The summed E-state index contributed by atoms with van der Waals surface area (Å²) in [4.78, 5) is 12.7. The number of amides is 1. The van der Waals surface area contributed by atoms with Crippen LogP contribution in [0.2, 0.25) is 0 Å². The number of benzene rings is 1. The summed E-state index contributed by atoms with van der Waals surface area (Å²) in [7, 11) is 1.58. The highest BCUT2D eigenvalue weighted by molar-refractivity contribution is 6.07. The second-order valence-electron chi connectivity index (χ2n) is 6.85. The number of hydrogen-bond acceptors (Lipinski definition) is 2. The van der Waals surface area contributed by atoms with Crippen molar-refractivity contribution in [1.82, 2.24) is 5.32 Å². The zero-order valence-electron chi connectivity index (χ0n) is 15.6. The van der Waals surface area contributed by atoms with Crippen molar-refractivity contribution < 1.29 is 13.6 Å². The maximum Gasteiger partial charge on any atom is 0.264 e. The zero-order chi connectivity index (χ0) is 19.0. The van der Waals surface area contributed by atoms with E-state index in [9.17, 15) is 13.6 Å². The van der Waals surface area contributed by atoms with Crippen molar-refractivity contribution in [1.29, 1.82) is 0 Å². The van der Waals surface area contributed by atoms with E-state index in [-0.39, 0.29) is 16.6 Å². The first kappa shape index (κ1) is 20.9. The van der Waals surface area contributed by atoms with Crippen molar-refractivity contribution in [3.63, 3.8) is 0 Å². The van der Waals surface area contributed by atoms with E-state index < -0.39 is 12.3 Å². The number of carbonyl (C=O) groups is 1. The van der Waals surface area contributed by atoms with Gasteiger partial charge in [-0.25, -0.2) is 8.78 Å². The van der Waals surface area contributed by atoms with Gasteiger partial charge in [0.05, 0.1) is 5.57 Å². The van der Waals surface area contributed by atoms with Gasteiger partial charge in [-0.2, -0.15) is 0 Å². The van der Waals surface area contributed by atoms with Crippen molar-refractivity contribution >= 4 is 11.6 Å². The molecule has 1 aromatic rings. The summed E-state index contributed by atoms with van der Waals surface area (Å²) in [6.07, 6.45) is 1.27. The van der Waals surface area contributed by atoms with Gasteiger partial charge in [-0.15, -0.1) is 0 Å². The first-order valence-corrected chi connectivity index (χ1v) is 8.49. The molecule has 2 N–H and O–H groups in total. The first-order chi connectivity index (χ1) is 11.7. The Bertz CT molecular complexity index is 643. The number of rotatable bonds is 7. The number of halogens is 2. The summed E-state index contributed by atoms with van der Waals surface area (Å²) in [5, 5.41) is 5.49. The number of allylic oxidation sites excluding steroid dienone is 1. The summed E-state index contributed by atoms with van der Waals surface area (Å²) in [6, 6.07) is 7.42. The molecule has 0 saturated carbocycles. The fraction of sp³-hybridized carbons (Fsp3) is 0.450. The third-order valence-corrected chi connectivity index (χ3v) is 3.72. The van der Waals surface area contributed by atoms with Gasteiger partial charge >= 0.3 is 0 Å². The van der Waals surface area contributed by atoms with Crippen LogP contribution < -0.4 is 10.6 Å². The monoisotopic (exact) mass is 350 g/mol. The van der Waals surface area contributed by atoms with E-state index in [0.717, 1.165) is 12.0 Å². The van der Waals surface area contributed by atoms with Crippen LogP contribution in [0.25, 0.3) is 0 Å². The second kappa shape index (κ2) is 9.35. The van der Waals surface area contributed by atoms with Crippen molar-refractivity contribution in [2.75, 3.05) is 12.4 Å². The summed E-state index contributed by atoms with van der Waals surface area (Å²) in [5.41, 5.74) is 1.10. The van der Waals surface area contributed by atoms with Gasteiger partial charge in [-0.3, -0.25) is 4.79 Å². The lowest BCUT2D eigenvalue weighted by molar-refractivity contribution is -0.112. The van der Waals surface area contributed by atoms with Crippen molar-refractivity contribution in [2.24, 2.45) is 0 Å². The molecule has 0 heterocycles. The topological polar surface area (TPSA) is 41.1 Å². The molecule has 0 aliphatic carbocycles. The molecule has 0 unspecified atom stereocenters. The van der Waals surface area contributed by atoms with Gasteiger partial charge in [0.1, 0.15) is 0 Å². The van der Waals surface area contributed by atoms with Crippen LogP contribution in [0.15, 0.2) is 47.7 Å². The Kier molecular flexibility index (Phi) is 7.81. The minimum Gasteiger partial charge on any atom is -0.393 e. The molecular weight excluding hydrogens is 322 g/mol. The van der Waals surface area contributed by atoms with Gasteiger partial charge in [-0.1, -0.05) is 58.4 Å². The molecule has 0 aliphatic rings. The molecule has 0 saturated heterocycles. The minimum absolute atomic E-state index is 0.0466. The van der Waals surface area contributed by atoms with Crippen LogP contribution >= 0.6 is 0 Å². The highest BCUT2D eigenvalue weighted by atomic mass is 19.3. The number of carbonyl (C=O) groups excluding carboxylic acids is 1. The number of unbranched alkanes of at least 4 members (excludes halogenated alkanes) is 1. The second-order valence-corrected chi connectivity index (χ2v) is 6.85. The Morgan fingerprint density at radius 3 is 2.40 bits per heavy atom. The lowest BCUT2D eigenvalue weighted by Gasteiger charge is -2.23. The van der Waals surface area contributed by atoms with Crippen molar-refractivity contribution in [3.8, 4) is 0 Å². The number of hydrogen-bond donors (Lipinski definition) is 2. The lowest BCUT2D eigenvalue weighted by Crippen LogP contribution is -2.23. The molecule has 25 heavy (non-hydrogen) atoms. The first-order valence-electron chi connectivity index (χ1n) is 8.49. The molecule has 1 rings (SSSR count). The molecule has 0 atom stereocenters. The fourth-order valence-corrected chi connectivity index (χ4v) is 2.48. The minimum atomic E-state index is -2.71. The molecule has 0 aromatic heterocycles. The Hall–Kier alpha value is -2.17. The van der Waals surface area contributed by atoms with Gasteiger partial charge in [0, 0.05) is 24.5 Å². The third kappa shape index (κ3) is 6.00. The van der Waals surface area contributed by atoms with Gasteiger partial charge in [0.2, 0.25) is 0 Å². The number of anilines is 1. The average Bonchev–Trinajstić information content (AvgIpc) is 2.53. The van der Waals surface area contributed by atoms with E-state index in [2.05, 4.69) is 10.6 Å². The molecule has 3 nitrogen and oxygen atoms in total. The van der Waals surface area contributed by atoms with Gasteiger partial charge in [0.15, 0.2) is 0 Å². The predicted molar refractivity (Wildman–Crippen MR) is 99.9 cm³/mol. The molecule has 0 fully saturated rings. The Morgan fingerprint density at radius 2 is 1.88 bits per heavy atom. The Labute approximate surface area is 149 Å². The summed E-state index contributed by atoms with van der Waals surface area (Å²) < 4.78 is 26.9. The SMILES string of the molecule is CCC/C=C(\C(=C/NC)C(=O)Nc1ccccc1C(C)(C)C)C(F)F. The fourth-order valence-electron chi connectivity index (χ4n) is 2.48. The molecule has 1 amide bonds. The van der Waals surface area contributed by atoms with Crippen LogP contribution in [0.1, 0.15) is 46.1 Å². The lowest BCUT2D eigenvalue weighted by atomic mass is 9.85. The Morgan fingerprint density at radius 1 is 1.24 bits per heavy atom. The quantitative estimate of drug-likeness (QED) is 0.536. The van der Waals surface area contributed by atoms with Crippen molar-refractivity contribution in [3.05, 3.63) is 53.3 Å². The van der Waals surface area contributed by atoms with E-state index in [1.807, 2.05) is 45.9 Å². The van der Waals surface area contributed by atoms with Crippen LogP contribution in [-0.4, -0.2) is 19.4 Å². The van der Waals surface area contributed by atoms with Crippen LogP contribution in [0, 0.1) is 0 Å². The maximum absolute atomic E-state index is 13.4. The zero-order valence-corrected chi connectivity index (χ0v) is 15.6. The maximum atomic E-state index is 13.4. The molecule has 0 spiro atoms. The van der Waals surface area contributed by atoms with Crippen LogP contribution in [-0.2, 0) is 10.2 Å². The summed E-state index contributed by atoms with van der Waals surface area (Å²) in [6.45, 7) is 8.01. The molecule has 5 heteroatoms. The van der Waals surface area contributed by atoms with Crippen molar-refractivity contribution in [2.45, 2.75) is 52.4 Å². The highest BCUT2D eigenvalue weighted by Gasteiger charge is 2.24. The van der Waals surface area contributed by atoms with Crippen LogP contribution in [0.3, 0.4) is 0 Å². The van der Waals surface area contributed by atoms with E-state index in [1.165, 1.54) is 12.3 Å². The highest BCUT2D eigenvalue weighted by Crippen LogP contribution is 2.30. The smallest absolute Gasteiger partial charge is 0.264 e. The predicted octanol–water partition coefficient (Wildman–Crippen LogP) is 5.02. The molecule has 0 bridgehead atoms. The normalized spacial score (nSPS) is 13.1. The average molecular weight is 350 g/mol. The van der Waals surface area contributed by atoms with Gasteiger partial charge in [0.25, 0.3) is 12.3 Å². The van der Waals surface area contributed by atoms with E-state index in [1.54, 1.807) is 13.1 Å². The van der Waals surface area contributed by atoms with E-state index >= 15 is 0 Å². The molecule has 138 valence electrons. The number of nitrogens with one attached hydrogen (secondary N) is 2. The molecule has 0 radical (unpaired) electrons. The third-order valence-electron chi connectivity index (χ3n) is 3.72. The van der Waals surface area contributed by atoms with Gasteiger partial charge in [-0.05, 0) is 23.5 Å². The molecule has 0 aliphatic heterocycles. The molecular formula is C20H28F2N2O.